The fourth-order valence-corrected chi connectivity index (χ4v) is 1.07. The van der Waals surface area contributed by atoms with Crippen molar-refractivity contribution >= 4 is 5.91 Å². The Hall–Kier alpha value is -1.49. The van der Waals surface area contributed by atoms with Crippen LogP contribution in [0, 0.1) is 5.95 Å². The molecule has 1 heterocycles. The van der Waals surface area contributed by atoms with Crippen LogP contribution in [0.2, 0.25) is 0 Å². The highest BCUT2D eigenvalue weighted by atomic mass is 19.1. The van der Waals surface area contributed by atoms with E-state index < -0.39 is 11.9 Å². The van der Waals surface area contributed by atoms with E-state index in [1.54, 1.807) is 7.11 Å². The number of amides is 1. The zero-order valence-electron chi connectivity index (χ0n) is 8.50. The van der Waals surface area contributed by atoms with Crippen molar-refractivity contribution < 1.29 is 13.9 Å². The van der Waals surface area contributed by atoms with Crippen molar-refractivity contribution in [2.45, 2.75) is 6.42 Å². The molecule has 0 aliphatic rings. The smallest absolute Gasteiger partial charge is 0.255 e. The number of carbonyl (C=O) groups excluding carboxylic acids is 1. The standard InChI is InChI=1S/C10H13FN2O2/c1-15-7-3-6-13-10(14)8-4-2-5-12-9(8)11/h2,4-5H,3,6-7H2,1H3,(H,13,14). The van der Waals surface area contributed by atoms with Gasteiger partial charge in [0.25, 0.3) is 5.91 Å². The van der Waals surface area contributed by atoms with E-state index in [9.17, 15) is 9.18 Å². The summed E-state index contributed by atoms with van der Waals surface area (Å²) < 4.78 is 17.8. The van der Waals surface area contributed by atoms with Gasteiger partial charge in [-0.25, -0.2) is 4.98 Å². The first-order valence-electron chi connectivity index (χ1n) is 4.63. The van der Waals surface area contributed by atoms with Crippen LogP contribution in [0.4, 0.5) is 4.39 Å². The molecule has 1 aromatic rings. The molecule has 15 heavy (non-hydrogen) atoms. The lowest BCUT2D eigenvalue weighted by Crippen LogP contribution is -2.26. The molecule has 0 aliphatic heterocycles. The molecule has 0 aliphatic carbocycles. The Morgan fingerprint density at radius 3 is 3.13 bits per heavy atom. The fourth-order valence-electron chi connectivity index (χ4n) is 1.07. The summed E-state index contributed by atoms with van der Waals surface area (Å²) in [6.45, 7) is 1.02. The number of nitrogens with one attached hydrogen (secondary N) is 1. The maximum absolute atomic E-state index is 13.0. The average molecular weight is 212 g/mol. The van der Waals surface area contributed by atoms with Gasteiger partial charge in [-0.05, 0) is 18.6 Å². The number of carbonyl (C=O) groups is 1. The van der Waals surface area contributed by atoms with Gasteiger partial charge in [-0.2, -0.15) is 4.39 Å². The third-order valence-electron chi connectivity index (χ3n) is 1.81. The van der Waals surface area contributed by atoms with Gasteiger partial charge in [0.05, 0.1) is 5.56 Å². The fraction of sp³-hybridized carbons (Fsp3) is 0.400. The lowest BCUT2D eigenvalue weighted by Gasteiger charge is -2.04. The van der Waals surface area contributed by atoms with Crippen LogP contribution in [-0.4, -0.2) is 31.2 Å². The normalized spacial score (nSPS) is 10.0. The number of pyridine rings is 1. The zero-order chi connectivity index (χ0) is 11.1. The Morgan fingerprint density at radius 2 is 2.47 bits per heavy atom. The van der Waals surface area contributed by atoms with Crippen LogP contribution in [0.3, 0.4) is 0 Å². The predicted octanol–water partition coefficient (Wildman–Crippen LogP) is 0.987. The summed E-state index contributed by atoms with van der Waals surface area (Å²) in [4.78, 5) is 14.8. The number of hydrogen-bond donors (Lipinski definition) is 1. The van der Waals surface area contributed by atoms with E-state index in [0.29, 0.717) is 19.6 Å². The summed E-state index contributed by atoms with van der Waals surface area (Å²) in [7, 11) is 1.59. The van der Waals surface area contributed by atoms with Gasteiger partial charge in [-0.1, -0.05) is 0 Å². The van der Waals surface area contributed by atoms with Gasteiger partial charge in [-0.3, -0.25) is 4.79 Å². The molecule has 4 nitrogen and oxygen atoms in total. The Balaban J connectivity index is 2.44. The number of ether oxygens (including phenoxy) is 1. The first-order chi connectivity index (χ1) is 7.25. The van der Waals surface area contributed by atoms with Crippen LogP contribution in [0.15, 0.2) is 18.3 Å². The summed E-state index contributed by atoms with van der Waals surface area (Å²) in [6.07, 6.45) is 2.00. The van der Waals surface area contributed by atoms with Crippen LogP contribution in [0.5, 0.6) is 0 Å². The highest BCUT2D eigenvalue weighted by Gasteiger charge is 2.10. The van der Waals surface area contributed by atoms with Crippen molar-refractivity contribution in [3.8, 4) is 0 Å². The number of aromatic nitrogens is 1. The van der Waals surface area contributed by atoms with Gasteiger partial charge >= 0.3 is 0 Å². The molecule has 0 unspecified atom stereocenters. The molecule has 0 atom stereocenters. The number of methoxy groups -OCH3 is 1. The molecule has 0 bridgehead atoms. The van der Waals surface area contributed by atoms with Crippen molar-refractivity contribution in [3.05, 3.63) is 29.8 Å². The molecule has 1 N–H and O–H groups in total. The summed E-state index contributed by atoms with van der Waals surface area (Å²) in [5.74, 6) is -1.20. The molecule has 0 radical (unpaired) electrons. The largest absolute Gasteiger partial charge is 0.385 e. The molecule has 1 amide bonds. The molecule has 82 valence electrons. The van der Waals surface area contributed by atoms with E-state index in [1.807, 2.05) is 0 Å². The van der Waals surface area contributed by atoms with Crippen LogP contribution in [0.1, 0.15) is 16.8 Å². The monoisotopic (exact) mass is 212 g/mol. The van der Waals surface area contributed by atoms with Crippen LogP contribution in [0.25, 0.3) is 0 Å². The number of nitrogens with zero attached hydrogens (tertiary/aromatic N) is 1. The summed E-state index contributed by atoms with van der Waals surface area (Å²) >= 11 is 0. The first kappa shape index (κ1) is 11.6. The van der Waals surface area contributed by atoms with E-state index in [2.05, 4.69) is 10.3 Å². The molecular weight excluding hydrogens is 199 g/mol. The molecule has 0 saturated carbocycles. The van der Waals surface area contributed by atoms with Gasteiger partial charge in [-0.15, -0.1) is 0 Å². The Labute approximate surface area is 87.5 Å². The van der Waals surface area contributed by atoms with Gasteiger partial charge in [0.1, 0.15) is 0 Å². The third kappa shape index (κ3) is 3.63. The highest BCUT2D eigenvalue weighted by molar-refractivity contribution is 5.94. The minimum absolute atomic E-state index is 0.0325. The van der Waals surface area contributed by atoms with Crippen molar-refractivity contribution in [2.24, 2.45) is 0 Å². The minimum Gasteiger partial charge on any atom is -0.385 e. The minimum atomic E-state index is -0.748. The first-order valence-corrected chi connectivity index (χ1v) is 4.63. The van der Waals surface area contributed by atoms with Crippen molar-refractivity contribution in [2.75, 3.05) is 20.3 Å². The molecular formula is C10H13FN2O2. The van der Waals surface area contributed by atoms with Gasteiger partial charge < -0.3 is 10.1 Å². The molecule has 0 spiro atoms. The van der Waals surface area contributed by atoms with E-state index in [4.69, 9.17) is 4.74 Å². The van der Waals surface area contributed by atoms with Crippen LogP contribution in [-0.2, 0) is 4.74 Å². The topological polar surface area (TPSA) is 51.2 Å². The third-order valence-corrected chi connectivity index (χ3v) is 1.81. The van der Waals surface area contributed by atoms with Gasteiger partial charge in [0.15, 0.2) is 0 Å². The van der Waals surface area contributed by atoms with Crippen molar-refractivity contribution in [3.63, 3.8) is 0 Å². The Kier molecular flexibility index (Phi) is 4.70. The molecule has 1 rings (SSSR count). The second-order valence-corrected chi connectivity index (χ2v) is 2.94. The maximum Gasteiger partial charge on any atom is 0.255 e. The van der Waals surface area contributed by atoms with E-state index in [0.717, 1.165) is 0 Å². The van der Waals surface area contributed by atoms with E-state index in [-0.39, 0.29) is 5.56 Å². The molecule has 0 fully saturated rings. The van der Waals surface area contributed by atoms with Gasteiger partial charge in [0, 0.05) is 26.5 Å². The number of halogens is 1. The zero-order valence-corrected chi connectivity index (χ0v) is 8.50. The lowest BCUT2D eigenvalue weighted by atomic mass is 10.2. The number of rotatable bonds is 5. The summed E-state index contributed by atoms with van der Waals surface area (Å²) in [6, 6.07) is 2.92. The lowest BCUT2D eigenvalue weighted by molar-refractivity contribution is 0.0943. The van der Waals surface area contributed by atoms with Crippen LogP contribution >= 0.6 is 0 Å². The average Bonchev–Trinajstić information content (AvgIpc) is 2.25. The molecule has 0 saturated heterocycles. The second-order valence-electron chi connectivity index (χ2n) is 2.94. The van der Waals surface area contributed by atoms with E-state index >= 15 is 0 Å². The molecule has 0 aromatic carbocycles. The molecule has 5 heteroatoms. The Morgan fingerprint density at radius 1 is 1.67 bits per heavy atom. The SMILES string of the molecule is COCCCNC(=O)c1cccnc1F. The van der Waals surface area contributed by atoms with E-state index in [1.165, 1.54) is 18.3 Å². The second kappa shape index (κ2) is 6.08. The number of hydrogen-bond acceptors (Lipinski definition) is 3. The van der Waals surface area contributed by atoms with Crippen LogP contribution < -0.4 is 5.32 Å². The Bertz CT molecular complexity index is 331. The predicted molar refractivity (Wildman–Crippen MR) is 53.0 cm³/mol. The summed E-state index contributed by atoms with van der Waals surface area (Å²) in [5, 5.41) is 2.58. The molecule has 1 aromatic heterocycles. The quantitative estimate of drug-likeness (QED) is 0.585. The summed E-state index contributed by atoms with van der Waals surface area (Å²) in [5.41, 5.74) is -0.0325. The highest BCUT2D eigenvalue weighted by Crippen LogP contribution is 2.02. The maximum atomic E-state index is 13.0. The van der Waals surface area contributed by atoms with Crippen molar-refractivity contribution in [1.29, 1.82) is 0 Å². The van der Waals surface area contributed by atoms with Gasteiger partial charge in [0.2, 0.25) is 5.95 Å². The van der Waals surface area contributed by atoms with Crippen molar-refractivity contribution in [1.82, 2.24) is 10.3 Å².